The summed E-state index contributed by atoms with van der Waals surface area (Å²) < 4.78 is 0. The van der Waals surface area contributed by atoms with E-state index in [0.29, 0.717) is 0 Å². The highest BCUT2D eigenvalue weighted by atomic mass is 35.5. The van der Waals surface area contributed by atoms with Crippen LogP contribution in [-0.4, -0.2) is 12.0 Å². The molecule has 2 aromatic rings. The number of aryl methyl sites for hydroxylation is 6. The Morgan fingerprint density at radius 1 is 0.545 bits per heavy atom. The second-order valence-electron chi connectivity index (χ2n) is 6.43. The summed E-state index contributed by atoms with van der Waals surface area (Å²) in [5, 5.41) is 0. The smallest absolute Gasteiger partial charge is 0.197 e. The summed E-state index contributed by atoms with van der Waals surface area (Å²) in [5.74, 6) is 0. The van der Waals surface area contributed by atoms with Crippen molar-refractivity contribution in [1.82, 2.24) is 0 Å². The molecular weight excluding hydrogens is 309 g/mol. The van der Waals surface area contributed by atoms with Gasteiger partial charge in [-0.1, -0.05) is 68.6 Å². The zero-order chi connectivity index (χ0) is 16.6. The lowest BCUT2D eigenvalue weighted by Gasteiger charge is -2.20. The third kappa shape index (κ3) is 3.39. The van der Waals surface area contributed by atoms with Crippen molar-refractivity contribution in [3.8, 4) is 0 Å². The van der Waals surface area contributed by atoms with Crippen LogP contribution in [0.1, 0.15) is 33.4 Å². The van der Waals surface area contributed by atoms with Crippen molar-refractivity contribution in [3.05, 3.63) is 57.6 Å². The maximum absolute atomic E-state index is 6.81. The fourth-order valence-corrected chi connectivity index (χ4v) is 4.49. The van der Waals surface area contributed by atoms with Crippen LogP contribution in [-0.2, 0) is 0 Å². The van der Waals surface area contributed by atoms with Crippen LogP contribution in [0.15, 0.2) is 24.3 Å². The molecule has 0 unspecified atom stereocenters. The molecule has 0 N–H and O–H groups in total. The van der Waals surface area contributed by atoms with Gasteiger partial charge >= 0.3 is 0 Å². The SMILES string of the molecule is Cc1cc(C)c(B(Cl)B(Cl)c2c(C)cc(C)cc2C)c(C)c1. The maximum Gasteiger partial charge on any atom is 0.276 e. The third-order valence-corrected chi connectivity index (χ3v) is 5.35. The van der Waals surface area contributed by atoms with Crippen LogP contribution in [0.4, 0.5) is 0 Å². The molecule has 0 heterocycles. The van der Waals surface area contributed by atoms with Crippen molar-refractivity contribution in [2.45, 2.75) is 41.5 Å². The third-order valence-electron chi connectivity index (χ3n) is 4.28. The van der Waals surface area contributed by atoms with Crippen LogP contribution in [0, 0.1) is 41.5 Å². The summed E-state index contributed by atoms with van der Waals surface area (Å²) in [4.78, 5) is 0. The minimum Gasteiger partial charge on any atom is -0.197 e. The van der Waals surface area contributed by atoms with E-state index >= 15 is 0 Å². The molecule has 2 rings (SSSR count). The van der Waals surface area contributed by atoms with E-state index in [0.717, 1.165) is 10.9 Å². The molecule has 4 heteroatoms. The molecule has 114 valence electrons. The van der Waals surface area contributed by atoms with Gasteiger partial charge in [0, 0.05) is 0 Å². The molecule has 0 spiro atoms. The second kappa shape index (κ2) is 6.72. The van der Waals surface area contributed by atoms with E-state index in [-0.39, 0.29) is 12.0 Å². The quantitative estimate of drug-likeness (QED) is 0.740. The second-order valence-corrected chi connectivity index (χ2v) is 7.37. The summed E-state index contributed by atoms with van der Waals surface area (Å²) in [6, 6.07) is 8.24. The van der Waals surface area contributed by atoms with Crippen LogP contribution in [0.25, 0.3) is 0 Å². The molecule has 0 saturated carbocycles. The molecule has 2 aromatic carbocycles. The molecular formula is C18H22B2Cl2. The number of rotatable bonds is 3. The van der Waals surface area contributed by atoms with Crippen LogP contribution < -0.4 is 10.9 Å². The highest BCUT2D eigenvalue weighted by Crippen LogP contribution is 2.15. The van der Waals surface area contributed by atoms with Crippen LogP contribution in [0.2, 0.25) is 0 Å². The van der Waals surface area contributed by atoms with E-state index in [4.69, 9.17) is 22.9 Å². The van der Waals surface area contributed by atoms with E-state index in [9.17, 15) is 0 Å². The highest BCUT2D eigenvalue weighted by molar-refractivity contribution is 7.63. The molecule has 0 aromatic heterocycles. The Bertz CT molecular complexity index is 603. The summed E-state index contributed by atoms with van der Waals surface area (Å²) >= 11 is 13.6. The fourth-order valence-electron chi connectivity index (χ4n) is 3.55. The molecule has 0 aliphatic carbocycles. The van der Waals surface area contributed by atoms with Gasteiger partial charge in [0.05, 0.1) is 0 Å². The average Bonchev–Trinajstić information content (AvgIpc) is 2.35. The predicted molar refractivity (Wildman–Crippen MR) is 104 cm³/mol. The van der Waals surface area contributed by atoms with Gasteiger partial charge in [0.15, 0.2) is 0 Å². The standard InChI is InChI=1S/C18H22B2Cl2/c1-11-7-13(3)17(14(4)8-11)19(21)20(22)18-15(5)9-12(2)10-16(18)6/h7-10H,1-6H3. The van der Waals surface area contributed by atoms with Crippen molar-refractivity contribution in [2.75, 3.05) is 0 Å². The summed E-state index contributed by atoms with van der Waals surface area (Å²) in [7, 11) is 0. The van der Waals surface area contributed by atoms with Crippen molar-refractivity contribution in [2.24, 2.45) is 0 Å². The van der Waals surface area contributed by atoms with E-state index in [1.807, 2.05) is 0 Å². The van der Waals surface area contributed by atoms with Crippen LogP contribution >= 0.6 is 22.9 Å². The summed E-state index contributed by atoms with van der Waals surface area (Å²) in [6.07, 6.45) is 0. The van der Waals surface area contributed by atoms with Gasteiger partial charge in [-0.05, 0) is 41.5 Å². The van der Waals surface area contributed by atoms with Gasteiger partial charge in [-0.3, -0.25) is 0 Å². The first-order valence-corrected chi connectivity index (χ1v) is 8.53. The van der Waals surface area contributed by atoms with Gasteiger partial charge < -0.3 is 0 Å². The Morgan fingerprint density at radius 3 is 1.00 bits per heavy atom. The van der Waals surface area contributed by atoms with Gasteiger partial charge in [-0.25, -0.2) is 0 Å². The first-order chi connectivity index (χ1) is 10.2. The minimum absolute atomic E-state index is 0.234. The minimum atomic E-state index is -0.234. The van der Waals surface area contributed by atoms with E-state index in [1.165, 1.54) is 33.4 Å². The van der Waals surface area contributed by atoms with Gasteiger partial charge in [-0.15, -0.1) is 0 Å². The number of hydrogen-bond acceptors (Lipinski definition) is 0. The molecule has 0 bridgehead atoms. The van der Waals surface area contributed by atoms with Crippen LogP contribution in [0.3, 0.4) is 0 Å². The Hall–Kier alpha value is -0.850. The zero-order valence-electron chi connectivity index (χ0n) is 14.2. The van der Waals surface area contributed by atoms with Crippen molar-refractivity contribution < 1.29 is 0 Å². The number of benzene rings is 2. The van der Waals surface area contributed by atoms with Gasteiger partial charge in [0.25, 0.3) is 12.0 Å². The van der Waals surface area contributed by atoms with E-state index < -0.39 is 0 Å². The summed E-state index contributed by atoms with van der Waals surface area (Å²) in [6.45, 7) is 12.7. The Balaban J connectivity index is 2.49. The van der Waals surface area contributed by atoms with Crippen molar-refractivity contribution in [3.63, 3.8) is 0 Å². The molecule has 0 atom stereocenters. The molecule has 0 aliphatic rings. The molecule has 0 fully saturated rings. The van der Waals surface area contributed by atoms with Crippen molar-refractivity contribution in [1.29, 1.82) is 0 Å². The molecule has 0 aliphatic heterocycles. The topological polar surface area (TPSA) is 0 Å². The van der Waals surface area contributed by atoms with E-state index in [2.05, 4.69) is 65.8 Å². The lowest BCUT2D eigenvalue weighted by atomic mass is 9.29. The zero-order valence-corrected chi connectivity index (χ0v) is 15.7. The molecule has 0 amide bonds. The van der Waals surface area contributed by atoms with Gasteiger partial charge in [-0.2, -0.15) is 22.9 Å². The van der Waals surface area contributed by atoms with Gasteiger partial charge in [0.2, 0.25) is 0 Å². The van der Waals surface area contributed by atoms with Crippen LogP contribution in [0.5, 0.6) is 0 Å². The molecule has 0 saturated heterocycles. The molecule has 0 radical (unpaired) electrons. The molecule has 0 nitrogen and oxygen atoms in total. The maximum atomic E-state index is 6.81. The molecule has 22 heavy (non-hydrogen) atoms. The predicted octanol–water partition coefficient (Wildman–Crippen LogP) is 4.19. The normalized spacial score (nSPS) is 10.7. The average molecular weight is 331 g/mol. The first kappa shape index (κ1) is 17.5. The Kier molecular flexibility index (Phi) is 5.35. The van der Waals surface area contributed by atoms with Crippen molar-refractivity contribution >= 4 is 45.9 Å². The van der Waals surface area contributed by atoms with Gasteiger partial charge in [0.1, 0.15) is 0 Å². The Morgan fingerprint density at radius 2 is 0.773 bits per heavy atom. The lowest BCUT2D eigenvalue weighted by Crippen LogP contribution is -2.49. The number of halogens is 2. The Labute approximate surface area is 145 Å². The summed E-state index contributed by atoms with van der Waals surface area (Å²) in [5.41, 5.74) is 9.69. The highest BCUT2D eigenvalue weighted by Gasteiger charge is 2.33. The largest absolute Gasteiger partial charge is 0.276 e. The lowest BCUT2D eigenvalue weighted by molar-refractivity contribution is 1.35. The first-order valence-electron chi connectivity index (χ1n) is 7.66. The van der Waals surface area contributed by atoms with E-state index in [1.54, 1.807) is 0 Å². The number of hydrogen-bond donors (Lipinski definition) is 0. The fraction of sp³-hybridized carbons (Fsp3) is 0.333. The monoisotopic (exact) mass is 330 g/mol.